The standard InChI is InChI=1S/C15H20O4/c1-8-9-4-6-14(2)10(18-14)5-7-15(3)12(19-15)11(9)17-13(8)16/h9-12H,1,4-7H2,2-3H3/t9-,10+,11-,12-,14+,15-/m0/s1. The molecule has 3 heterocycles. The average molecular weight is 264 g/mol. The predicted octanol–water partition coefficient (Wildman–Crippen LogP) is 1.97. The lowest BCUT2D eigenvalue weighted by molar-refractivity contribution is -0.140. The minimum absolute atomic E-state index is 0.00540. The molecule has 3 saturated heterocycles. The Labute approximate surface area is 113 Å². The second-order valence-electron chi connectivity index (χ2n) is 6.85. The van der Waals surface area contributed by atoms with Crippen molar-refractivity contribution >= 4 is 5.97 Å². The summed E-state index contributed by atoms with van der Waals surface area (Å²) in [6, 6.07) is 0. The molecule has 104 valence electrons. The molecule has 4 heteroatoms. The van der Waals surface area contributed by atoms with E-state index in [9.17, 15) is 4.79 Å². The SMILES string of the molecule is C=C1C(=O)O[C@H]2[C@H]1CC[C@@]1(C)O[C@@H]1CC[C@]1(C)O[C@@H]21. The van der Waals surface area contributed by atoms with E-state index in [1.165, 1.54) is 0 Å². The van der Waals surface area contributed by atoms with Crippen LogP contribution in [0.15, 0.2) is 12.2 Å². The number of carbonyl (C=O) groups is 1. The first kappa shape index (κ1) is 11.9. The summed E-state index contributed by atoms with van der Waals surface area (Å²) in [5.74, 6) is -0.149. The van der Waals surface area contributed by atoms with E-state index in [1.807, 2.05) is 0 Å². The Morgan fingerprint density at radius 1 is 1.16 bits per heavy atom. The second-order valence-corrected chi connectivity index (χ2v) is 6.85. The van der Waals surface area contributed by atoms with Crippen LogP contribution in [0, 0.1) is 5.92 Å². The van der Waals surface area contributed by atoms with Crippen LogP contribution >= 0.6 is 0 Å². The Morgan fingerprint density at radius 2 is 1.89 bits per heavy atom. The fourth-order valence-electron chi connectivity index (χ4n) is 3.85. The van der Waals surface area contributed by atoms with Gasteiger partial charge >= 0.3 is 5.97 Å². The number of esters is 1. The highest BCUT2D eigenvalue weighted by Gasteiger charge is 2.64. The van der Waals surface area contributed by atoms with Gasteiger partial charge < -0.3 is 14.2 Å². The summed E-state index contributed by atoms with van der Waals surface area (Å²) in [6.45, 7) is 8.20. The monoisotopic (exact) mass is 264 g/mol. The van der Waals surface area contributed by atoms with Crippen LogP contribution in [0.2, 0.25) is 0 Å². The van der Waals surface area contributed by atoms with Crippen molar-refractivity contribution in [3.05, 3.63) is 12.2 Å². The highest BCUT2D eigenvalue weighted by atomic mass is 16.6. The van der Waals surface area contributed by atoms with Crippen molar-refractivity contribution in [1.82, 2.24) is 0 Å². The van der Waals surface area contributed by atoms with Gasteiger partial charge in [-0.05, 0) is 39.5 Å². The van der Waals surface area contributed by atoms with Gasteiger partial charge in [-0.3, -0.25) is 0 Å². The maximum absolute atomic E-state index is 11.8. The van der Waals surface area contributed by atoms with Crippen molar-refractivity contribution in [2.75, 3.05) is 0 Å². The lowest BCUT2D eigenvalue weighted by Crippen LogP contribution is -2.30. The van der Waals surface area contributed by atoms with Crippen LogP contribution in [0.25, 0.3) is 0 Å². The van der Waals surface area contributed by atoms with Crippen LogP contribution < -0.4 is 0 Å². The number of hydrogen-bond acceptors (Lipinski definition) is 4. The van der Waals surface area contributed by atoms with Crippen molar-refractivity contribution in [3.63, 3.8) is 0 Å². The molecule has 4 nitrogen and oxygen atoms in total. The lowest BCUT2D eigenvalue weighted by Gasteiger charge is -2.20. The van der Waals surface area contributed by atoms with Crippen molar-refractivity contribution in [3.8, 4) is 0 Å². The molecule has 6 atom stereocenters. The number of ether oxygens (including phenoxy) is 3. The molecule has 0 unspecified atom stereocenters. The smallest absolute Gasteiger partial charge is 0.334 e. The normalized spacial score (nSPS) is 55.7. The van der Waals surface area contributed by atoms with Gasteiger partial charge in [-0.2, -0.15) is 0 Å². The van der Waals surface area contributed by atoms with E-state index in [0.29, 0.717) is 11.7 Å². The van der Waals surface area contributed by atoms with Crippen molar-refractivity contribution in [1.29, 1.82) is 0 Å². The van der Waals surface area contributed by atoms with Gasteiger partial charge in [0.15, 0.2) is 0 Å². The highest BCUT2D eigenvalue weighted by Crippen LogP contribution is 2.54. The Hall–Kier alpha value is -0.870. The fourth-order valence-corrected chi connectivity index (χ4v) is 3.85. The molecule has 1 saturated carbocycles. The third-order valence-electron chi connectivity index (χ3n) is 5.48. The van der Waals surface area contributed by atoms with Gasteiger partial charge in [-0.25, -0.2) is 4.79 Å². The largest absolute Gasteiger partial charge is 0.455 e. The summed E-state index contributed by atoms with van der Waals surface area (Å²) >= 11 is 0. The van der Waals surface area contributed by atoms with Gasteiger partial charge in [0, 0.05) is 11.5 Å². The number of carbonyl (C=O) groups excluding carboxylic acids is 1. The van der Waals surface area contributed by atoms with Gasteiger partial charge in [0.05, 0.1) is 17.3 Å². The van der Waals surface area contributed by atoms with Crippen molar-refractivity contribution in [2.45, 2.75) is 69.0 Å². The Morgan fingerprint density at radius 3 is 2.68 bits per heavy atom. The molecule has 0 spiro atoms. The summed E-state index contributed by atoms with van der Waals surface area (Å²) in [5.41, 5.74) is 0.469. The lowest BCUT2D eigenvalue weighted by atomic mass is 9.81. The number of hydrogen-bond donors (Lipinski definition) is 0. The molecule has 0 radical (unpaired) electrons. The second kappa shape index (κ2) is 3.41. The first-order chi connectivity index (χ1) is 8.93. The van der Waals surface area contributed by atoms with Crippen LogP contribution in [-0.2, 0) is 19.0 Å². The predicted molar refractivity (Wildman–Crippen MR) is 67.5 cm³/mol. The zero-order chi connectivity index (χ0) is 13.4. The van der Waals surface area contributed by atoms with Crippen molar-refractivity contribution in [2.24, 2.45) is 5.92 Å². The molecule has 0 aromatic rings. The Bertz CT molecular complexity index is 473. The van der Waals surface area contributed by atoms with E-state index in [-0.39, 0.29) is 35.3 Å². The Balaban J connectivity index is 1.62. The molecule has 3 aliphatic heterocycles. The molecule has 0 N–H and O–H groups in total. The first-order valence-electron chi connectivity index (χ1n) is 7.18. The molecule has 0 aromatic carbocycles. The molecule has 4 rings (SSSR count). The highest BCUT2D eigenvalue weighted by molar-refractivity contribution is 5.91. The molecule has 0 bridgehead atoms. The summed E-state index contributed by atoms with van der Waals surface area (Å²) < 4.78 is 17.2. The molecule has 1 aliphatic carbocycles. The zero-order valence-electron chi connectivity index (χ0n) is 11.5. The zero-order valence-corrected chi connectivity index (χ0v) is 11.5. The molecule has 19 heavy (non-hydrogen) atoms. The summed E-state index contributed by atoms with van der Waals surface area (Å²) in [4.78, 5) is 11.8. The third kappa shape index (κ3) is 1.62. The fraction of sp³-hybridized carbons (Fsp3) is 0.800. The number of epoxide rings is 2. The molecule has 4 fully saturated rings. The van der Waals surface area contributed by atoms with Gasteiger partial charge in [-0.1, -0.05) is 6.58 Å². The topological polar surface area (TPSA) is 51.4 Å². The molecule has 4 aliphatic rings. The van der Waals surface area contributed by atoms with Gasteiger partial charge in [0.25, 0.3) is 0 Å². The maximum Gasteiger partial charge on any atom is 0.334 e. The quantitative estimate of drug-likeness (QED) is 0.381. The van der Waals surface area contributed by atoms with E-state index < -0.39 is 0 Å². The molecular formula is C15H20O4. The summed E-state index contributed by atoms with van der Waals surface area (Å²) in [5, 5.41) is 0. The molecule has 0 amide bonds. The van der Waals surface area contributed by atoms with Crippen LogP contribution in [0.5, 0.6) is 0 Å². The van der Waals surface area contributed by atoms with E-state index in [2.05, 4.69) is 20.4 Å². The first-order valence-corrected chi connectivity index (χ1v) is 7.18. The minimum atomic E-state index is -0.245. The van der Waals surface area contributed by atoms with Gasteiger partial charge in [-0.15, -0.1) is 0 Å². The summed E-state index contributed by atoms with van der Waals surface area (Å²) in [7, 11) is 0. The average Bonchev–Trinajstić information content (AvgIpc) is 3.18. The van der Waals surface area contributed by atoms with Crippen LogP contribution in [0.3, 0.4) is 0 Å². The summed E-state index contributed by atoms with van der Waals surface area (Å²) in [6.07, 6.45) is 4.15. The van der Waals surface area contributed by atoms with Crippen LogP contribution in [0.1, 0.15) is 39.5 Å². The van der Waals surface area contributed by atoms with Crippen LogP contribution in [0.4, 0.5) is 0 Å². The van der Waals surface area contributed by atoms with Crippen molar-refractivity contribution < 1.29 is 19.0 Å². The minimum Gasteiger partial charge on any atom is -0.455 e. The van der Waals surface area contributed by atoms with Gasteiger partial charge in [0.2, 0.25) is 0 Å². The van der Waals surface area contributed by atoms with Gasteiger partial charge in [0.1, 0.15) is 12.2 Å². The van der Waals surface area contributed by atoms with E-state index >= 15 is 0 Å². The molecular weight excluding hydrogens is 244 g/mol. The molecule has 0 aromatic heterocycles. The van der Waals surface area contributed by atoms with Crippen LogP contribution in [-0.4, -0.2) is 35.5 Å². The Kier molecular flexibility index (Phi) is 2.14. The van der Waals surface area contributed by atoms with E-state index in [4.69, 9.17) is 14.2 Å². The van der Waals surface area contributed by atoms with E-state index in [0.717, 1.165) is 25.7 Å². The van der Waals surface area contributed by atoms with E-state index in [1.54, 1.807) is 0 Å². The maximum atomic E-state index is 11.8. The number of rotatable bonds is 0. The third-order valence-corrected chi connectivity index (χ3v) is 5.48. The number of fused-ring (bicyclic) bond motifs is 4.